The van der Waals surface area contributed by atoms with Crippen LogP contribution in [0.2, 0.25) is 5.02 Å². The average Bonchev–Trinajstić information content (AvgIpc) is 3.29. The Labute approximate surface area is 208 Å². The Morgan fingerprint density at radius 3 is 2.15 bits per heavy atom. The largest absolute Gasteiger partial charge is 0.477 e. The number of thiophene rings is 2. The number of rotatable bonds is 6. The van der Waals surface area contributed by atoms with Crippen LogP contribution < -0.4 is 9.44 Å². The molecule has 0 aliphatic rings. The van der Waals surface area contributed by atoms with E-state index in [1.54, 1.807) is 36.4 Å². The van der Waals surface area contributed by atoms with E-state index in [1.165, 1.54) is 17.4 Å². The van der Waals surface area contributed by atoms with Crippen LogP contribution in [0.25, 0.3) is 20.2 Å². The van der Waals surface area contributed by atoms with Gasteiger partial charge in [0.2, 0.25) is 20.0 Å². The summed E-state index contributed by atoms with van der Waals surface area (Å²) in [5.41, 5.74) is 0.742. The van der Waals surface area contributed by atoms with Crippen molar-refractivity contribution in [2.45, 2.75) is 0 Å². The fraction of sp³-hybridized carbons (Fsp3) is 0.100. The zero-order valence-electron chi connectivity index (χ0n) is 17.5. The number of benzene rings is 2. The number of aromatic carboxylic acids is 1. The fourth-order valence-electron chi connectivity index (χ4n) is 2.84. The van der Waals surface area contributed by atoms with Gasteiger partial charge in [0, 0.05) is 15.1 Å². The van der Waals surface area contributed by atoms with Gasteiger partial charge in [0.15, 0.2) is 6.29 Å². The van der Waals surface area contributed by atoms with Gasteiger partial charge in [-0.3, -0.25) is 14.2 Å². The van der Waals surface area contributed by atoms with Gasteiger partial charge >= 0.3 is 5.97 Å². The molecule has 14 heteroatoms. The minimum absolute atomic E-state index is 0.233. The second-order valence-electron chi connectivity index (χ2n) is 7.05. The molecule has 0 bridgehead atoms. The first-order chi connectivity index (χ1) is 15.7. The molecule has 3 N–H and O–H groups in total. The first-order valence-electron chi connectivity index (χ1n) is 9.15. The molecule has 0 saturated carbocycles. The topological polar surface area (TPSA) is 147 Å². The molecule has 4 aromatic rings. The van der Waals surface area contributed by atoms with Gasteiger partial charge in [0.1, 0.15) is 4.88 Å². The van der Waals surface area contributed by atoms with Gasteiger partial charge in [0.25, 0.3) is 0 Å². The Balaban J connectivity index is 0.000000191. The lowest BCUT2D eigenvalue weighted by molar-refractivity contribution is 0.0702. The number of sulfonamides is 2. The molecule has 0 saturated heterocycles. The van der Waals surface area contributed by atoms with E-state index in [0.29, 0.717) is 26.7 Å². The van der Waals surface area contributed by atoms with Crippen molar-refractivity contribution in [2.24, 2.45) is 0 Å². The Hall–Kier alpha value is -2.71. The highest BCUT2D eigenvalue weighted by Gasteiger charge is 2.11. The molecule has 0 unspecified atom stereocenters. The summed E-state index contributed by atoms with van der Waals surface area (Å²) in [7, 11) is -6.69. The predicted molar refractivity (Wildman–Crippen MR) is 138 cm³/mol. The molecule has 34 heavy (non-hydrogen) atoms. The number of aldehydes is 1. The van der Waals surface area contributed by atoms with Gasteiger partial charge < -0.3 is 5.11 Å². The van der Waals surface area contributed by atoms with Crippen LogP contribution >= 0.6 is 34.3 Å². The van der Waals surface area contributed by atoms with E-state index < -0.39 is 26.0 Å². The smallest absolute Gasteiger partial charge is 0.345 e. The predicted octanol–water partition coefficient (Wildman–Crippen LogP) is 4.71. The van der Waals surface area contributed by atoms with E-state index in [4.69, 9.17) is 16.7 Å². The summed E-state index contributed by atoms with van der Waals surface area (Å²) in [5, 5.41) is 10.6. The Morgan fingerprint density at radius 1 is 0.912 bits per heavy atom. The third-order valence-electron chi connectivity index (χ3n) is 4.07. The number of halogens is 1. The summed E-state index contributed by atoms with van der Waals surface area (Å²) in [6.07, 6.45) is 2.87. The van der Waals surface area contributed by atoms with Gasteiger partial charge in [-0.1, -0.05) is 11.6 Å². The molecule has 0 aliphatic carbocycles. The number of carbonyl (C=O) groups excluding carboxylic acids is 1. The summed E-state index contributed by atoms with van der Waals surface area (Å²) in [6, 6.07) is 11.4. The van der Waals surface area contributed by atoms with Crippen molar-refractivity contribution in [2.75, 3.05) is 22.0 Å². The van der Waals surface area contributed by atoms with Crippen molar-refractivity contribution in [3.8, 4) is 0 Å². The summed E-state index contributed by atoms with van der Waals surface area (Å²) >= 11 is 8.42. The Morgan fingerprint density at radius 2 is 1.56 bits per heavy atom. The Bertz CT molecular complexity index is 1620. The maximum Gasteiger partial charge on any atom is 0.345 e. The number of fused-ring (bicyclic) bond motifs is 2. The van der Waals surface area contributed by atoms with E-state index in [9.17, 15) is 26.4 Å². The minimum Gasteiger partial charge on any atom is -0.477 e. The molecule has 0 atom stereocenters. The van der Waals surface area contributed by atoms with E-state index in [0.717, 1.165) is 44.9 Å². The molecule has 2 aromatic heterocycles. The van der Waals surface area contributed by atoms with Crippen molar-refractivity contribution < 1.29 is 31.5 Å². The van der Waals surface area contributed by atoms with Crippen molar-refractivity contribution >= 4 is 98.1 Å². The molecule has 0 amide bonds. The monoisotopic (exact) mass is 560 g/mol. The highest BCUT2D eigenvalue weighted by molar-refractivity contribution is 7.92. The number of hydrogen-bond acceptors (Lipinski definition) is 8. The molecular weight excluding hydrogens is 544 g/mol. The highest BCUT2D eigenvalue weighted by Crippen LogP contribution is 2.33. The van der Waals surface area contributed by atoms with Gasteiger partial charge in [-0.15, -0.1) is 22.7 Å². The van der Waals surface area contributed by atoms with E-state index >= 15 is 0 Å². The number of hydrogen-bond donors (Lipinski definition) is 3. The lowest BCUT2D eigenvalue weighted by Gasteiger charge is -2.05. The number of carbonyl (C=O) groups is 2. The molecule has 0 aliphatic heterocycles. The van der Waals surface area contributed by atoms with Crippen LogP contribution in [0, 0.1) is 0 Å². The van der Waals surface area contributed by atoms with Gasteiger partial charge in [-0.25, -0.2) is 21.6 Å². The zero-order chi connectivity index (χ0) is 25.3. The quantitative estimate of drug-likeness (QED) is 0.289. The van der Waals surface area contributed by atoms with Crippen LogP contribution in [0.3, 0.4) is 0 Å². The normalized spacial score (nSPS) is 11.6. The third kappa shape index (κ3) is 6.90. The molecule has 0 spiro atoms. The number of anilines is 2. The SMILES string of the molecule is CS(=O)(=O)Nc1cc2cc(C=O)sc2cc1Cl.CS(=O)(=O)Nc1ccc2sc(C(=O)O)cc2c1. The molecular formula is C20H17ClN2O7S4. The lowest BCUT2D eigenvalue weighted by atomic mass is 10.2. The fourth-order valence-corrected chi connectivity index (χ4v) is 6.08. The van der Waals surface area contributed by atoms with E-state index in [-0.39, 0.29) is 4.88 Å². The summed E-state index contributed by atoms with van der Waals surface area (Å²) in [5.74, 6) is -0.983. The second-order valence-corrected chi connectivity index (χ2v) is 13.2. The van der Waals surface area contributed by atoms with Gasteiger partial charge in [0.05, 0.1) is 28.1 Å². The molecule has 180 valence electrons. The van der Waals surface area contributed by atoms with Crippen LogP contribution in [0.4, 0.5) is 11.4 Å². The Kier molecular flexibility index (Phi) is 7.53. The first kappa shape index (κ1) is 25.9. The molecule has 0 radical (unpaired) electrons. The van der Waals surface area contributed by atoms with Crippen LogP contribution in [0.5, 0.6) is 0 Å². The highest BCUT2D eigenvalue weighted by atomic mass is 35.5. The maximum absolute atomic E-state index is 11.1. The molecule has 2 aromatic carbocycles. The van der Waals surface area contributed by atoms with Crippen molar-refractivity contribution in [3.05, 3.63) is 57.2 Å². The van der Waals surface area contributed by atoms with E-state index in [1.807, 2.05) is 0 Å². The summed E-state index contributed by atoms with van der Waals surface area (Å²) < 4.78 is 50.7. The lowest BCUT2D eigenvalue weighted by Crippen LogP contribution is -2.09. The van der Waals surface area contributed by atoms with Gasteiger partial charge in [-0.2, -0.15) is 0 Å². The first-order valence-corrected chi connectivity index (χ1v) is 14.9. The van der Waals surface area contributed by atoms with Crippen LogP contribution in [0.15, 0.2) is 42.5 Å². The maximum atomic E-state index is 11.1. The van der Waals surface area contributed by atoms with Crippen LogP contribution in [0.1, 0.15) is 19.3 Å². The van der Waals surface area contributed by atoms with Crippen LogP contribution in [-0.2, 0) is 20.0 Å². The zero-order valence-corrected chi connectivity index (χ0v) is 21.5. The molecule has 2 heterocycles. The number of carboxylic acid groups (broad SMARTS) is 1. The number of nitrogens with one attached hydrogen (secondary N) is 2. The van der Waals surface area contributed by atoms with Crippen molar-refractivity contribution in [1.29, 1.82) is 0 Å². The van der Waals surface area contributed by atoms with Crippen LogP contribution in [-0.4, -0.2) is 46.7 Å². The number of carboxylic acids is 1. The molecule has 0 fully saturated rings. The van der Waals surface area contributed by atoms with Crippen molar-refractivity contribution in [1.82, 2.24) is 0 Å². The third-order valence-corrected chi connectivity index (χ3v) is 7.70. The van der Waals surface area contributed by atoms with E-state index in [2.05, 4.69) is 9.44 Å². The minimum atomic E-state index is -3.37. The average molecular weight is 561 g/mol. The standard InChI is InChI=1S/C10H8ClNO3S2.C10H9NO4S2/c1-17(14,15)12-9-3-6-2-7(5-13)16-10(6)4-8(9)11;1-17(14,15)11-7-2-3-8-6(4-7)5-9(16-8)10(12)13/h2-5,12H,1H3;2-5,11H,1H3,(H,12,13). The summed E-state index contributed by atoms with van der Waals surface area (Å²) in [6.45, 7) is 0. The summed E-state index contributed by atoms with van der Waals surface area (Å²) in [4.78, 5) is 22.2. The van der Waals surface area contributed by atoms with Crippen molar-refractivity contribution in [3.63, 3.8) is 0 Å². The van der Waals surface area contributed by atoms with Gasteiger partial charge in [-0.05, 0) is 53.2 Å². The molecule has 9 nitrogen and oxygen atoms in total. The molecule has 4 rings (SSSR count). The second kappa shape index (κ2) is 9.88.